The molecule has 0 aromatic carbocycles. The zero-order valence-electron chi connectivity index (χ0n) is 21.5. The van der Waals surface area contributed by atoms with Crippen molar-refractivity contribution in [2.45, 2.75) is 71.1 Å². The molecule has 7 heteroatoms. The number of nitrogens with one attached hydrogen (secondary N) is 1. The van der Waals surface area contributed by atoms with Crippen LogP contribution < -0.4 is 0 Å². The van der Waals surface area contributed by atoms with Crippen LogP contribution in [0.5, 0.6) is 0 Å². The van der Waals surface area contributed by atoms with Gasteiger partial charge in [-0.1, -0.05) is 13.8 Å². The molecule has 0 atom stereocenters. The molecule has 1 N–H and O–H groups in total. The Hall–Kier alpha value is -3.22. The molecule has 0 spiro atoms. The van der Waals surface area contributed by atoms with E-state index < -0.39 is 0 Å². The first-order chi connectivity index (χ1) is 16.8. The Labute approximate surface area is 207 Å². The van der Waals surface area contributed by atoms with Crippen molar-refractivity contribution < 1.29 is 4.79 Å². The third-order valence-corrected chi connectivity index (χ3v) is 7.66. The third-order valence-electron chi connectivity index (χ3n) is 7.66. The molecule has 184 valence electrons. The number of hydrogen-bond acceptors (Lipinski definition) is 4. The van der Waals surface area contributed by atoms with E-state index in [4.69, 9.17) is 4.98 Å². The van der Waals surface area contributed by atoms with Gasteiger partial charge in [0.1, 0.15) is 6.33 Å². The summed E-state index contributed by atoms with van der Waals surface area (Å²) in [5.41, 5.74) is 8.85. The van der Waals surface area contributed by atoms with E-state index in [1.54, 1.807) is 11.2 Å². The van der Waals surface area contributed by atoms with E-state index in [0.717, 1.165) is 52.8 Å². The lowest BCUT2D eigenvalue weighted by atomic mass is 9.78. The fourth-order valence-corrected chi connectivity index (χ4v) is 5.65. The second kappa shape index (κ2) is 9.44. The molecule has 4 heterocycles. The number of pyridine rings is 2. The number of nitrogens with zero attached hydrogens (tertiary/aromatic N) is 5. The van der Waals surface area contributed by atoms with Gasteiger partial charge >= 0.3 is 0 Å². The molecule has 1 aliphatic rings. The van der Waals surface area contributed by atoms with Crippen LogP contribution in [0, 0.1) is 12.8 Å². The van der Waals surface area contributed by atoms with Gasteiger partial charge < -0.3 is 9.88 Å². The minimum absolute atomic E-state index is 0.238. The van der Waals surface area contributed by atoms with Gasteiger partial charge in [-0.05, 0) is 74.6 Å². The van der Waals surface area contributed by atoms with Crippen LogP contribution in [-0.4, -0.2) is 49.5 Å². The second-order valence-electron chi connectivity index (χ2n) is 10.7. The summed E-state index contributed by atoms with van der Waals surface area (Å²) in [6, 6.07) is 6.60. The van der Waals surface area contributed by atoms with Crippen LogP contribution in [0.2, 0.25) is 0 Å². The summed E-state index contributed by atoms with van der Waals surface area (Å²) in [5, 5.41) is 4.36. The van der Waals surface area contributed by atoms with Crippen LogP contribution in [-0.2, 0) is 4.79 Å². The number of fused-ring (bicyclic) bond motifs is 2. The van der Waals surface area contributed by atoms with E-state index in [0.29, 0.717) is 24.2 Å². The average Bonchev–Trinajstić information content (AvgIpc) is 3.47. The van der Waals surface area contributed by atoms with Crippen LogP contribution in [0.3, 0.4) is 0 Å². The number of carbonyl (C=O) groups excluding carboxylic acids is 1. The first-order valence-corrected chi connectivity index (χ1v) is 12.8. The first-order valence-electron chi connectivity index (χ1n) is 12.8. The number of aromatic nitrogens is 5. The highest BCUT2D eigenvalue weighted by molar-refractivity contribution is 5.88. The summed E-state index contributed by atoms with van der Waals surface area (Å²) >= 11 is 0. The molecule has 1 amide bonds. The Bertz CT molecular complexity index is 1360. The fraction of sp³-hybridized carbons (Fsp3) is 0.500. The molecule has 0 saturated heterocycles. The van der Waals surface area contributed by atoms with Crippen molar-refractivity contribution in [1.82, 2.24) is 29.5 Å². The summed E-state index contributed by atoms with van der Waals surface area (Å²) < 4.78 is 1.85. The smallest absolute Gasteiger partial charge is 0.222 e. The van der Waals surface area contributed by atoms with Gasteiger partial charge in [0.25, 0.3) is 0 Å². The quantitative estimate of drug-likeness (QED) is 0.382. The van der Waals surface area contributed by atoms with Crippen molar-refractivity contribution in [3.8, 4) is 11.3 Å². The van der Waals surface area contributed by atoms with Crippen molar-refractivity contribution in [2.24, 2.45) is 5.92 Å². The molecule has 7 nitrogen and oxygen atoms in total. The third kappa shape index (κ3) is 4.56. The highest BCUT2D eigenvalue weighted by Crippen LogP contribution is 2.40. The number of amides is 1. The lowest BCUT2D eigenvalue weighted by Crippen LogP contribution is -2.23. The van der Waals surface area contributed by atoms with Crippen LogP contribution >= 0.6 is 0 Å². The predicted octanol–water partition coefficient (Wildman–Crippen LogP) is 5.85. The Kier molecular flexibility index (Phi) is 6.34. The number of aromatic amines is 1. The summed E-state index contributed by atoms with van der Waals surface area (Å²) in [7, 11) is 3.68. The van der Waals surface area contributed by atoms with Gasteiger partial charge in [-0.25, -0.2) is 9.50 Å². The molecule has 4 aromatic heterocycles. The molecular weight excluding hydrogens is 436 g/mol. The maximum Gasteiger partial charge on any atom is 0.222 e. The molecule has 1 fully saturated rings. The number of rotatable bonds is 6. The first kappa shape index (κ1) is 23.5. The molecule has 0 unspecified atom stereocenters. The molecule has 0 bridgehead atoms. The van der Waals surface area contributed by atoms with Crippen molar-refractivity contribution in [3.63, 3.8) is 0 Å². The lowest BCUT2D eigenvalue weighted by Gasteiger charge is -2.28. The fourth-order valence-electron chi connectivity index (χ4n) is 5.65. The largest absolute Gasteiger partial charge is 0.353 e. The topological polar surface area (TPSA) is 79.2 Å². The molecule has 1 saturated carbocycles. The molecule has 35 heavy (non-hydrogen) atoms. The lowest BCUT2D eigenvalue weighted by molar-refractivity contribution is -0.129. The molecule has 0 radical (unpaired) electrons. The van der Waals surface area contributed by atoms with Crippen molar-refractivity contribution in [2.75, 3.05) is 14.1 Å². The maximum atomic E-state index is 12.0. The average molecular weight is 473 g/mol. The van der Waals surface area contributed by atoms with Crippen molar-refractivity contribution in [1.29, 1.82) is 0 Å². The van der Waals surface area contributed by atoms with Crippen LogP contribution in [0.4, 0.5) is 0 Å². The van der Waals surface area contributed by atoms with Crippen molar-refractivity contribution >= 4 is 22.6 Å². The molecule has 0 aliphatic heterocycles. The van der Waals surface area contributed by atoms with Gasteiger partial charge in [0.2, 0.25) is 5.91 Å². The predicted molar refractivity (Wildman–Crippen MR) is 140 cm³/mol. The Morgan fingerprint density at radius 3 is 2.69 bits per heavy atom. The normalized spacial score (nSPS) is 18.6. The van der Waals surface area contributed by atoms with Gasteiger partial charge in [-0.2, -0.15) is 5.10 Å². The van der Waals surface area contributed by atoms with E-state index in [1.807, 2.05) is 18.6 Å². The highest BCUT2D eigenvalue weighted by Gasteiger charge is 2.25. The Morgan fingerprint density at radius 2 is 1.97 bits per heavy atom. The molecular formula is C28H36N6O. The molecule has 5 rings (SSSR count). The van der Waals surface area contributed by atoms with Crippen LogP contribution in [0.25, 0.3) is 27.9 Å². The van der Waals surface area contributed by atoms with Gasteiger partial charge in [0, 0.05) is 49.5 Å². The molecule has 1 aliphatic carbocycles. The van der Waals surface area contributed by atoms with E-state index in [-0.39, 0.29) is 5.91 Å². The minimum atomic E-state index is 0.238. The second-order valence-corrected chi connectivity index (χ2v) is 10.7. The van der Waals surface area contributed by atoms with Crippen molar-refractivity contribution in [3.05, 3.63) is 47.5 Å². The molecule has 4 aromatic rings. The summed E-state index contributed by atoms with van der Waals surface area (Å²) in [6.07, 6.45) is 9.97. The highest BCUT2D eigenvalue weighted by atomic mass is 16.2. The number of aryl methyl sites for hydroxylation is 1. The Morgan fingerprint density at radius 1 is 1.20 bits per heavy atom. The SMILES string of the molecule is Cc1cc(-c2[nH]c3ccc(C4CCC(CCC(=O)N(C)C)CC4)nc3c2C(C)C)cn2ncnc12. The summed E-state index contributed by atoms with van der Waals surface area (Å²) in [4.78, 5) is 26.9. The Balaban J connectivity index is 1.40. The standard InChI is InChI=1S/C28H36N6O/c1-17(2)25-26(21-14-18(3)28-29-16-30-34(28)15-21)32-23-12-11-22(31-27(23)25)20-9-6-19(7-10-20)8-13-24(35)33(4)5/h11-12,14-17,19-20,32H,6-10,13H2,1-5H3. The number of H-pyrrole nitrogens is 1. The van der Waals surface area contributed by atoms with Crippen LogP contribution in [0.1, 0.15) is 81.0 Å². The van der Waals surface area contributed by atoms with Gasteiger partial charge in [0.15, 0.2) is 5.65 Å². The van der Waals surface area contributed by atoms with E-state index in [1.165, 1.54) is 24.1 Å². The van der Waals surface area contributed by atoms with E-state index in [9.17, 15) is 4.79 Å². The zero-order valence-corrected chi connectivity index (χ0v) is 21.5. The zero-order chi connectivity index (χ0) is 24.7. The summed E-state index contributed by atoms with van der Waals surface area (Å²) in [6.45, 7) is 6.55. The summed E-state index contributed by atoms with van der Waals surface area (Å²) in [5.74, 6) is 1.71. The van der Waals surface area contributed by atoms with Gasteiger partial charge in [-0.15, -0.1) is 0 Å². The van der Waals surface area contributed by atoms with E-state index >= 15 is 0 Å². The number of carbonyl (C=O) groups is 1. The minimum Gasteiger partial charge on any atom is -0.353 e. The van der Waals surface area contributed by atoms with Crippen LogP contribution in [0.15, 0.2) is 30.7 Å². The maximum absolute atomic E-state index is 12.0. The van der Waals surface area contributed by atoms with E-state index in [2.05, 4.69) is 60.2 Å². The van der Waals surface area contributed by atoms with Gasteiger partial charge in [0.05, 0.1) is 16.7 Å². The van der Waals surface area contributed by atoms with Gasteiger partial charge in [-0.3, -0.25) is 9.78 Å². The number of hydrogen-bond donors (Lipinski definition) is 1. The monoisotopic (exact) mass is 472 g/mol.